The van der Waals surface area contributed by atoms with Crippen LogP contribution in [0.5, 0.6) is 5.75 Å². The van der Waals surface area contributed by atoms with E-state index in [-0.39, 0.29) is 12.5 Å². The number of hydrogen-bond donors (Lipinski definition) is 1. The van der Waals surface area contributed by atoms with Crippen LogP contribution in [-0.4, -0.2) is 28.1 Å². The molecule has 0 saturated heterocycles. The summed E-state index contributed by atoms with van der Waals surface area (Å²) in [6, 6.07) is 7.27. The highest BCUT2D eigenvalue weighted by atomic mass is 32.1. The smallest absolute Gasteiger partial charge is 0.271 e. The minimum atomic E-state index is -0.259. The molecule has 2 heterocycles. The van der Waals surface area contributed by atoms with Crippen molar-refractivity contribution in [1.29, 1.82) is 0 Å². The third kappa shape index (κ3) is 3.54. The van der Waals surface area contributed by atoms with E-state index in [1.807, 2.05) is 31.2 Å². The van der Waals surface area contributed by atoms with Gasteiger partial charge in [0.25, 0.3) is 11.8 Å². The van der Waals surface area contributed by atoms with Gasteiger partial charge in [-0.2, -0.15) is 4.98 Å². The Morgan fingerprint density at radius 3 is 2.74 bits per heavy atom. The van der Waals surface area contributed by atoms with Crippen LogP contribution in [0.25, 0.3) is 11.5 Å². The molecule has 0 radical (unpaired) electrons. The third-order valence-electron chi connectivity index (χ3n) is 3.06. The Labute approximate surface area is 136 Å². The Morgan fingerprint density at radius 1 is 1.30 bits per heavy atom. The molecule has 1 amide bonds. The number of aromatic nitrogens is 3. The lowest BCUT2D eigenvalue weighted by Crippen LogP contribution is -2.23. The minimum Gasteiger partial charge on any atom is -0.497 e. The number of thiazole rings is 1. The van der Waals surface area contributed by atoms with Gasteiger partial charge in [-0.1, -0.05) is 5.16 Å². The molecule has 0 aliphatic heterocycles. The third-order valence-corrected chi connectivity index (χ3v) is 3.84. The van der Waals surface area contributed by atoms with E-state index in [9.17, 15) is 4.79 Å². The van der Waals surface area contributed by atoms with Crippen molar-refractivity contribution in [2.75, 3.05) is 7.11 Å². The predicted molar refractivity (Wildman–Crippen MR) is 84.3 cm³/mol. The summed E-state index contributed by atoms with van der Waals surface area (Å²) < 4.78 is 10.3. The van der Waals surface area contributed by atoms with Gasteiger partial charge in [0.15, 0.2) is 5.82 Å². The fourth-order valence-corrected chi connectivity index (χ4v) is 2.49. The minimum absolute atomic E-state index is 0.176. The maximum atomic E-state index is 11.9. The number of benzene rings is 1. The van der Waals surface area contributed by atoms with Crippen molar-refractivity contribution in [2.45, 2.75) is 13.5 Å². The second-order valence-corrected chi connectivity index (χ2v) is 5.74. The zero-order valence-electron chi connectivity index (χ0n) is 12.6. The SMILES string of the molecule is COc1ccc(-c2nc(CNC(=O)c3csc(C)n3)no2)cc1. The first kappa shape index (κ1) is 15.2. The summed E-state index contributed by atoms with van der Waals surface area (Å²) >= 11 is 1.43. The molecule has 0 spiro atoms. The van der Waals surface area contributed by atoms with Gasteiger partial charge in [0.2, 0.25) is 0 Å². The first-order valence-corrected chi connectivity index (χ1v) is 7.71. The summed E-state index contributed by atoms with van der Waals surface area (Å²) in [6.45, 7) is 2.02. The van der Waals surface area contributed by atoms with E-state index in [4.69, 9.17) is 9.26 Å². The Balaban J connectivity index is 1.63. The zero-order chi connectivity index (χ0) is 16.2. The van der Waals surface area contributed by atoms with Crippen LogP contribution in [0.2, 0.25) is 0 Å². The van der Waals surface area contributed by atoms with Gasteiger partial charge in [-0.15, -0.1) is 11.3 Å². The van der Waals surface area contributed by atoms with Crippen molar-refractivity contribution in [3.8, 4) is 17.2 Å². The first-order chi connectivity index (χ1) is 11.2. The molecule has 0 aliphatic rings. The van der Waals surface area contributed by atoms with Gasteiger partial charge in [-0.25, -0.2) is 4.98 Å². The quantitative estimate of drug-likeness (QED) is 0.773. The number of rotatable bonds is 5. The highest BCUT2D eigenvalue weighted by Crippen LogP contribution is 2.20. The van der Waals surface area contributed by atoms with Crippen molar-refractivity contribution in [1.82, 2.24) is 20.4 Å². The average Bonchev–Trinajstić information content (AvgIpc) is 3.22. The molecule has 3 rings (SSSR count). The maximum absolute atomic E-state index is 11.9. The van der Waals surface area contributed by atoms with Crippen LogP contribution in [0.15, 0.2) is 34.2 Å². The molecule has 1 aromatic carbocycles. The first-order valence-electron chi connectivity index (χ1n) is 6.83. The molecule has 3 aromatic rings. The van der Waals surface area contributed by atoms with Gasteiger partial charge >= 0.3 is 0 Å². The molecule has 2 aromatic heterocycles. The summed E-state index contributed by atoms with van der Waals surface area (Å²) in [7, 11) is 1.60. The van der Waals surface area contributed by atoms with Crippen LogP contribution < -0.4 is 10.1 Å². The normalized spacial score (nSPS) is 10.5. The number of amides is 1. The molecule has 8 heteroatoms. The zero-order valence-corrected chi connectivity index (χ0v) is 13.4. The van der Waals surface area contributed by atoms with Crippen LogP contribution in [0.1, 0.15) is 21.3 Å². The summed E-state index contributed by atoms with van der Waals surface area (Å²) in [5.41, 5.74) is 1.18. The lowest BCUT2D eigenvalue weighted by molar-refractivity contribution is 0.0945. The van der Waals surface area contributed by atoms with E-state index in [1.165, 1.54) is 11.3 Å². The molecule has 23 heavy (non-hydrogen) atoms. The largest absolute Gasteiger partial charge is 0.497 e. The van der Waals surface area contributed by atoms with Crippen LogP contribution in [-0.2, 0) is 6.54 Å². The van der Waals surface area contributed by atoms with Crippen molar-refractivity contribution in [2.24, 2.45) is 0 Å². The van der Waals surface area contributed by atoms with E-state index >= 15 is 0 Å². The van der Waals surface area contributed by atoms with Gasteiger partial charge in [0, 0.05) is 10.9 Å². The van der Waals surface area contributed by atoms with Gasteiger partial charge in [0.05, 0.1) is 18.7 Å². The van der Waals surface area contributed by atoms with Crippen molar-refractivity contribution >= 4 is 17.2 Å². The molecule has 0 atom stereocenters. The highest BCUT2D eigenvalue weighted by Gasteiger charge is 2.12. The Hall–Kier alpha value is -2.74. The summed E-state index contributed by atoms with van der Waals surface area (Å²) in [4.78, 5) is 20.3. The Kier molecular flexibility index (Phi) is 4.33. The number of carbonyl (C=O) groups is 1. The Morgan fingerprint density at radius 2 is 2.09 bits per heavy atom. The number of nitrogens with one attached hydrogen (secondary N) is 1. The van der Waals surface area contributed by atoms with E-state index in [0.29, 0.717) is 17.4 Å². The van der Waals surface area contributed by atoms with Crippen molar-refractivity contribution < 1.29 is 14.1 Å². The van der Waals surface area contributed by atoms with Crippen molar-refractivity contribution in [3.05, 3.63) is 46.2 Å². The molecular formula is C15H14N4O3S. The summed E-state index contributed by atoms with van der Waals surface area (Å²) in [5, 5.41) is 9.12. The van der Waals surface area contributed by atoms with E-state index in [2.05, 4.69) is 20.4 Å². The number of hydrogen-bond acceptors (Lipinski definition) is 7. The number of carbonyl (C=O) groups excluding carboxylic acids is 1. The lowest BCUT2D eigenvalue weighted by Gasteiger charge is -1.99. The monoisotopic (exact) mass is 330 g/mol. The van der Waals surface area contributed by atoms with Gasteiger partial charge in [0.1, 0.15) is 11.4 Å². The molecule has 0 fully saturated rings. The van der Waals surface area contributed by atoms with Gasteiger partial charge in [-0.05, 0) is 31.2 Å². The van der Waals surface area contributed by atoms with Gasteiger partial charge in [-0.3, -0.25) is 4.79 Å². The number of ether oxygens (including phenoxy) is 1. The van der Waals surface area contributed by atoms with Crippen LogP contribution >= 0.6 is 11.3 Å². The fraction of sp³-hybridized carbons (Fsp3) is 0.200. The molecule has 1 N–H and O–H groups in total. The molecule has 7 nitrogen and oxygen atoms in total. The van der Waals surface area contributed by atoms with Crippen LogP contribution in [0, 0.1) is 6.92 Å². The number of aryl methyl sites for hydroxylation is 1. The second kappa shape index (κ2) is 6.57. The Bertz CT molecular complexity index is 810. The summed E-state index contributed by atoms with van der Waals surface area (Å²) in [5.74, 6) is 1.28. The van der Waals surface area contributed by atoms with Crippen LogP contribution in [0.4, 0.5) is 0 Å². The molecule has 0 bridgehead atoms. The molecule has 118 valence electrons. The molecular weight excluding hydrogens is 316 g/mol. The van der Waals surface area contributed by atoms with E-state index in [1.54, 1.807) is 12.5 Å². The fourth-order valence-electron chi connectivity index (χ4n) is 1.89. The van der Waals surface area contributed by atoms with E-state index < -0.39 is 0 Å². The molecule has 0 unspecified atom stereocenters. The van der Waals surface area contributed by atoms with Gasteiger partial charge < -0.3 is 14.6 Å². The maximum Gasteiger partial charge on any atom is 0.271 e. The topological polar surface area (TPSA) is 90.1 Å². The lowest BCUT2D eigenvalue weighted by atomic mass is 10.2. The summed E-state index contributed by atoms with van der Waals surface area (Å²) in [6.07, 6.45) is 0. The van der Waals surface area contributed by atoms with Crippen LogP contribution in [0.3, 0.4) is 0 Å². The molecule has 0 aliphatic carbocycles. The standard InChI is InChI=1S/C15H14N4O3S/c1-9-17-12(8-23-9)14(20)16-7-13-18-15(22-19-13)10-3-5-11(21-2)6-4-10/h3-6,8H,7H2,1-2H3,(H,16,20). The number of methoxy groups -OCH3 is 1. The number of nitrogens with zero attached hydrogens (tertiary/aromatic N) is 3. The average molecular weight is 330 g/mol. The van der Waals surface area contributed by atoms with E-state index in [0.717, 1.165) is 16.3 Å². The molecule has 0 saturated carbocycles. The predicted octanol–water partition coefficient (Wildman–Crippen LogP) is 2.44. The second-order valence-electron chi connectivity index (χ2n) is 4.68. The van der Waals surface area contributed by atoms with Crippen molar-refractivity contribution in [3.63, 3.8) is 0 Å². The highest BCUT2D eigenvalue weighted by molar-refractivity contribution is 7.09.